The molecule has 0 aliphatic carbocycles. The Bertz CT molecular complexity index is 800. The lowest BCUT2D eigenvalue weighted by molar-refractivity contribution is 0.248. The van der Waals surface area contributed by atoms with Crippen molar-refractivity contribution >= 4 is 24.0 Å². The Morgan fingerprint density at radius 3 is 2.00 bits per heavy atom. The highest BCUT2D eigenvalue weighted by atomic mass is 32.1. The third-order valence-corrected chi connectivity index (χ3v) is 3.94. The van der Waals surface area contributed by atoms with Gasteiger partial charge in [0.15, 0.2) is 0 Å². The fourth-order valence-corrected chi connectivity index (χ4v) is 2.58. The van der Waals surface area contributed by atoms with Crippen LogP contribution < -0.4 is 0 Å². The molecule has 0 aliphatic heterocycles. The van der Waals surface area contributed by atoms with Crippen molar-refractivity contribution < 1.29 is 5.11 Å². The molecule has 0 fully saturated rings. The van der Waals surface area contributed by atoms with Crippen molar-refractivity contribution in [3.63, 3.8) is 0 Å². The van der Waals surface area contributed by atoms with Crippen LogP contribution in [0, 0.1) is 0 Å². The first-order valence-electron chi connectivity index (χ1n) is 7.41. The third kappa shape index (κ3) is 3.70. The summed E-state index contributed by atoms with van der Waals surface area (Å²) in [6.07, 6.45) is -0.800. The predicted molar refractivity (Wildman–Crippen MR) is 97.7 cm³/mol. The van der Waals surface area contributed by atoms with Crippen LogP contribution in [0.5, 0.6) is 0 Å². The first-order valence-corrected chi connectivity index (χ1v) is 7.85. The van der Waals surface area contributed by atoms with Crippen LogP contribution in [0.4, 0.5) is 5.69 Å². The normalized spacial score (nSPS) is 12.9. The van der Waals surface area contributed by atoms with Crippen molar-refractivity contribution in [3.05, 3.63) is 96.1 Å². The molecule has 2 nitrogen and oxygen atoms in total. The van der Waals surface area contributed by atoms with Crippen molar-refractivity contribution in [1.82, 2.24) is 0 Å². The zero-order valence-corrected chi connectivity index (χ0v) is 13.4. The summed E-state index contributed by atoms with van der Waals surface area (Å²) in [6.45, 7) is 0. The summed E-state index contributed by atoms with van der Waals surface area (Å²) in [5.74, 6) is 0. The van der Waals surface area contributed by atoms with Crippen LogP contribution in [0.3, 0.4) is 0 Å². The molecule has 3 rings (SSSR count). The van der Waals surface area contributed by atoms with Crippen molar-refractivity contribution in [2.75, 3.05) is 0 Å². The first-order chi connectivity index (χ1) is 11.3. The van der Waals surface area contributed by atoms with Crippen molar-refractivity contribution in [1.29, 1.82) is 0 Å². The second-order valence-corrected chi connectivity index (χ2v) is 5.65. The molecule has 23 heavy (non-hydrogen) atoms. The third-order valence-electron chi connectivity index (χ3n) is 3.57. The number of hydrogen-bond acceptors (Lipinski definition) is 3. The second kappa shape index (κ2) is 7.27. The number of aliphatic hydroxyl groups is 1. The predicted octanol–water partition coefficient (Wildman–Crippen LogP) is 4.83. The highest BCUT2D eigenvalue weighted by molar-refractivity contribution is 7.80. The molecule has 0 amide bonds. The van der Waals surface area contributed by atoms with Crippen LogP contribution in [-0.4, -0.2) is 10.8 Å². The molecule has 3 aromatic carbocycles. The molecule has 1 N–H and O–H groups in total. The van der Waals surface area contributed by atoms with E-state index in [1.165, 1.54) is 0 Å². The maximum Gasteiger partial charge on any atom is 0.122 e. The highest BCUT2D eigenvalue weighted by Gasteiger charge is 2.17. The van der Waals surface area contributed by atoms with Crippen LogP contribution >= 0.6 is 12.6 Å². The Labute approximate surface area is 141 Å². The summed E-state index contributed by atoms with van der Waals surface area (Å²) in [4.78, 5) is 5.47. The number of aliphatic imine (C=N–C) groups is 1. The number of para-hydroxylation sites is 1. The fraction of sp³-hybridized carbons (Fsp3) is 0.0500. The number of hydrogen-bond donors (Lipinski definition) is 2. The monoisotopic (exact) mass is 319 g/mol. The Morgan fingerprint density at radius 1 is 0.783 bits per heavy atom. The quantitative estimate of drug-likeness (QED) is 0.524. The number of thiol groups is 1. The smallest absolute Gasteiger partial charge is 0.122 e. The molecular weight excluding hydrogens is 302 g/mol. The molecule has 0 aliphatic rings. The van der Waals surface area contributed by atoms with E-state index in [0.29, 0.717) is 5.71 Å². The summed E-state index contributed by atoms with van der Waals surface area (Å²) in [7, 11) is 0. The van der Waals surface area contributed by atoms with Crippen LogP contribution in [0.2, 0.25) is 0 Å². The van der Waals surface area contributed by atoms with Gasteiger partial charge >= 0.3 is 0 Å². The van der Waals surface area contributed by atoms with Gasteiger partial charge in [0.05, 0.1) is 11.4 Å². The van der Waals surface area contributed by atoms with Crippen LogP contribution in [0.15, 0.2) is 94.8 Å². The summed E-state index contributed by atoms with van der Waals surface area (Å²) in [5.41, 5.74) is 3.05. The van der Waals surface area contributed by atoms with Crippen molar-refractivity contribution in [2.45, 2.75) is 11.0 Å². The number of nitrogens with zero attached hydrogens (tertiary/aromatic N) is 1. The van der Waals surface area contributed by atoms with Crippen LogP contribution in [0.25, 0.3) is 0 Å². The lowest BCUT2D eigenvalue weighted by Crippen LogP contribution is -2.13. The summed E-state index contributed by atoms with van der Waals surface area (Å²) >= 11 is 4.45. The maximum absolute atomic E-state index is 10.8. The van der Waals surface area contributed by atoms with Gasteiger partial charge in [0, 0.05) is 4.90 Å². The molecular formula is C20H17NOS. The van der Waals surface area contributed by atoms with Gasteiger partial charge in [-0.1, -0.05) is 72.8 Å². The van der Waals surface area contributed by atoms with Gasteiger partial charge in [-0.3, -0.25) is 0 Å². The fourth-order valence-electron chi connectivity index (χ4n) is 2.37. The van der Waals surface area contributed by atoms with E-state index < -0.39 is 6.10 Å². The minimum absolute atomic E-state index is 0.610. The molecule has 3 aromatic rings. The number of aliphatic hydroxyl groups excluding tert-OH is 1. The molecule has 3 heteroatoms. The van der Waals surface area contributed by atoms with Gasteiger partial charge in [0.25, 0.3) is 0 Å². The van der Waals surface area contributed by atoms with E-state index >= 15 is 0 Å². The average Bonchev–Trinajstić information content (AvgIpc) is 2.62. The molecule has 1 atom stereocenters. The lowest BCUT2D eigenvalue weighted by Gasteiger charge is -2.15. The van der Waals surface area contributed by atoms with E-state index in [-0.39, 0.29) is 0 Å². The van der Waals surface area contributed by atoms with E-state index in [0.717, 1.165) is 21.7 Å². The Hall–Kier alpha value is -2.36. The Balaban J connectivity index is 2.10. The van der Waals surface area contributed by atoms with E-state index in [9.17, 15) is 5.11 Å². The van der Waals surface area contributed by atoms with Gasteiger partial charge in [0.2, 0.25) is 0 Å². The van der Waals surface area contributed by atoms with Gasteiger partial charge in [-0.25, -0.2) is 4.99 Å². The second-order valence-electron chi connectivity index (χ2n) is 5.17. The van der Waals surface area contributed by atoms with E-state index in [1.807, 2.05) is 84.9 Å². The van der Waals surface area contributed by atoms with E-state index in [1.54, 1.807) is 0 Å². The highest BCUT2D eigenvalue weighted by Crippen LogP contribution is 2.27. The molecule has 0 spiro atoms. The largest absolute Gasteiger partial charge is 0.382 e. The zero-order chi connectivity index (χ0) is 16.1. The van der Waals surface area contributed by atoms with E-state index in [4.69, 9.17) is 4.99 Å². The molecule has 114 valence electrons. The standard InChI is InChI=1S/C20H17NOS/c22-20(16-11-5-2-6-12-16)19(15-9-3-1-4-10-15)21-17-13-7-8-14-18(17)23/h1-14,20,22-23H. The SMILES string of the molecule is OC(C(=Nc1ccccc1S)c1ccccc1)c1ccccc1. The van der Waals surface area contributed by atoms with E-state index in [2.05, 4.69) is 12.6 Å². The van der Waals surface area contributed by atoms with Crippen molar-refractivity contribution in [3.8, 4) is 0 Å². The van der Waals surface area contributed by atoms with Crippen LogP contribution in [0.1, 0.15) is 17.2 Å². The number of rotatable bonds is 4. The molecule has 0 heterocycles. The molecule has 1 unspecified atom stereocenters. The molecule has 0 radical (unpaired) electrons. The lowest BCUT2D eigenvalue weighted by atomic mass is 9.99. The first kappa shape index (κ1) is 15.5. The Kier molecular flexibility index (Phi) is 4.91. The molecule has 0 aromatic heterocycles. The molecule has 0 saturated carbocycles. The molecule has 0 saturated heterocycles. The van der Waals surface area contributed by atoms with Gasteiger partial charge in [0.1, 0.15) is 6.10 Å². The van der Waals surface area contributed by atoms with Gasteiger partial charge in [-0.2, -0.15) is 0 Å². The van der Waals surface area contributed by atoms with Gasteiger partial charge in [-0.15, -0.1) is 12.6 Å². The summed E-state index contributed by atoms with van der Waals surface area (Å²) in [5, 5.41) is 10.8. The van der Waals surface area contributed by atoms with Gasteiger partial charge < -0.3 is 5.11 Å². The Morgan fingerprint density at radius 2 is 1.35 bits per heavy atom. The van der Waals surface area contributed by atoms with Crippen LogP contribution in [-0.2, 0) is 0 Å². The van der Waals surface area contributed by atoms with Gasteiger partial charge in [-0.05, 0) is 23.3 Å². The number of benzene rings is 3. The molecule has 0 bridgehead atoms. The zero-order valence-electron chi connectivity index (χ0n) is 12.5. The average molecular weight is 319 g/mol. The minimum Gasteiger partial charge on any atom is -0.382 e. The summed E-state index contributed by atoms with van der Waals surface area (Å²) < 4.78 is 0. The van der Waals surface area contributed by atoms with Crippen molar-refractivity contribution in [2.24, 2.45) is 4.99 Å². The maximum atomic E-state index is 10.8. The minimum atomic E-state index is -0.800. The summed E-state index contributed by atoms with van der Waals surface area (Å²) in [6, 6.07) is 26.9. The topological polar surface area (TPSA) is 32.6 Å².